The molecule has 19 heavy (non-hydrogen) atoms. The van der Waals surface area contributed by atoms with E-state index in [0.29, 0.717) is 10.6 Å². The van der Waals surface area contributed by atoms with Crippen molar-refractivity contribution in [1.29, 1.82) is 0 Å². The standard InChI is InChI=1S/C13H17ClN2O2.ClH/c14-10-5-2-1-4-9(10)12(17)8-16-13(18)11-6-3-7-15-11;/h1-2,4-5,11-12,15,17H,3,6-8H2,(H,16,18);1H. The largest absolute Gasteiger partial charge is 0.387 e. The number of benzene rings is 1. The topological polar surface area (TPSA) is 61.4 Å². The van der Waals surface area contributed by atoms with Gasteiger partial charge in [-0.25, -0.2) is 0 Å². The van der Waals surface area contributed by atoms with E-state index in [9.17, 15) is 9.90 Å². The minimum Gasteiger partial charge on any atom is -0.387 e. The van der Waals surface area contributed by atoms with Crippen LogP contribution in [0, 0.1) is 0 Å². The smallest absolute Gasteiger partial charge is 0.237 e. The molecule has 3 N–H and O–H groups in total. The molecule has 2 unspecified atom stereocenters. The van der Waals surface area contributed by atoms with Crippen molar-refractivity contribution in [2.24, 2.45) is 0 Å². The van der Waals surface area contributed by atoms with Crippen LogP contribution in [0.15, 0.2) is 24.3 Å². The molecule has 0 saturated carbocycles. The molecule has 0 bridgehead atoms. The zero-order valence-corrected chi connectivity index (χ0v) is 12.0. The van der Waals surface area contributed by atoms with Gasteiger partial charge in [0, 0.05) is 17.1 Å². The Morgan fingerprint density at radius 2 is 2.26 bits per heavy atom. The fourth-order valence-corrected chi connectivity index (χ4v) is 2.35. The SMILES string of the molecule is Cl.O=C(NCC(O)c1ccccc1Cl)C1CCCN1. The first-order valence-corrected chi connectivity index (χ1v) is 6.50. The fraction of sp³-hybridized carbons (Fsp3) is 0.462. The number of aliphatic hydroxyl groups excluding tert-OH is 1. The van der Waals surface area contributed by atoms with Crippen LogP contribution in [0.25, 0.3) is 0 Å². The summed E-state index contributed by atoms with van der Waals surface area (Å²) in [6.07, 6.45) is 1.10. The highest BCUT2D eigenvalue weighted by atomic mass is 35.5. The van der Waals surface area contributed by atoms with Gasteiger partial charge < -0.3 is 15.7 Å². The van der Waals surface area contributed by atoms with Crippen LogP contribution in [0.5, 0.6) is 0 Å². The maximum atomic E-state index is 11.7. The van der Waals surface area contributed by atoms with Gasteiger partial charge in [0.05, 0.1) is 12.1 Å². The number of halogens is 2. The van der Waals surface area contributed by atoms with E-state index >= 15 is 0 Å². The molecule has 1 aromatic rings. The Labute approximate surface area is 123 Å². The summed E-state index contributed by atoms with van der Waals surface area (Å²) in [5.41, 5.74) is 0.638. The summed E-state index contributed by atoms with van der Waals surface area (Å²) in [5, 5.41) is 16.3. The number of amides is 1. The molecule has 0 radical (unpaired) electrons. The highest BCUT2D eigenvalue weighted by Crippen LogP contribution is 2.21. The van der Waals surface area contributed by atoms with Crippen LogP contribution in [0.4, 0.5) is 0 Å². The number of hydrogen-bond acceptors (Lipinski definition) is 3. The van der Waals surface area contributed by atoms with Crippen molar-refractivity contribution in [2.75, 3.05) is 13.1 Å². The van der Waals surface area contributed by atoms with Crippen LogP contribution in [0.1, 0.15) is 24.5 Å². The van der Waals surface area contributed by atoms with E-state index in [1.54, 1.807) is 18.2 Å². The summed E-state index contributed by atoms with van der Waals surface area (Å²) >= 11 is 5.98. The molecule has 1 fully saturated rings. The van der Waals surface area contributed by atoms with Crippen molar-refractivity contribution >= 4 is 29.9 Å². The van der Waals surface area contributed by atoms with Crippen LogP contribution >= 0.6 is 24.0 Å². The molecule has 1 heterocycles. The van der Waals surface area contributed by atoms with Gasteiger partial charge in [0.25, 0.3) is 0 Å². The van der Waals surface area contributed by atoms with E-state index in [4.69, 9.17) is 11.6 Å². The fourth-order valence-electron chi connectivity index (χ4n) is 2.08. The van der Waals surface area contributed by atoms with Gasteiger partial charge in [0.15, 0.2) is 0 Å². The first-order valence-electron chi connectivity index (χ1n) is 6.12. The molecule has 1 saturated heterocycles. The summed E-state index contributed by atoms with van der Waals surface area (Å²) in [4.78, 5) is 11.7. The van der Waals surface area contributed by atoms with Gasteiger partial charge in [-0.15, -0.1) is 12.4 Å². The van der Waals surface area contributed by atoms with Gasteiger partial charge in [0.2, 0.25) is 5.91 Å². The Morgan fingerprint density at radius 1 is 1.53 bits per heavy atom. The van der Waals surface area contributed by atoms with Crippen molar-refractivity contribution in [3.63, 3.8) is 0 Å². The third-order valence-corrected chi connectivity index (χ3v) is 3.45. The van der Waals surface area contributed by atoms with Gasteiger partial charge in [-0.1, -0.05) is 29.8 Å². The molecule has 0 spiro atoms. The van der Waals surface area contributed by atoms with Crippen LogP contribution in [0.3, 0.4) is 0 Å². The second-order valence-electron chi connectivity index (χ2n) is 4.43. The van der Waals surface area contributed by atoms with E-state index in [1.165, 1.54) is 0 Å². The molecule has 1 aromatic carbocycles. The predicted octanol–water partition coefficient (Wildman–Crippen LogP) is 1.66. The minimum absolute atomic E-state index is 0. The summed E-state index contributed by atoms with van der Waals surface area (Å²) in [6.45, 7) is 1.06. The van der Waals surface area contributed by atoms with Gasteiger partial charge in [-0.3, -0.25) is 4.79 Å². The maximum absolute atomic E-state index is 11.7. The quantitative estimate of drug-likeness (QED) is 0.793. The van der Waals surface area contributed by atoms with E-state index < -0.39 is 6.10 Å². The van der Waals surface area contributed by atoms with Gasteiger partial charge in [-0.05, 0) is 25.5 Å². The molecule has 1 aliphatic heterocycles. The van der Waals surface area contributed by atoms with Crippen LogP contribution < -0.4 is 10.6 Å². The van der Waals surface area contributed by atoms with Crippen molar-refractivity contribution in [1.82, 2.24) is 10.6 Å². The number of hydrogen-bond donors (Lipinski definition) is 3. The monoisotopic (exact) mass is 304 g/mol. The Kier molecular flexibility index (Phi) is 6.58. The summed E-state index contributed by atoms with van der Waals surface area (Å²) in [6, 6.07) is 6.97. The summed E-state index contributed by atoms with van der Waals surface area (Å²) in [5.74, 6) is -0.0568. The number of carbonyl (C=O) groups excluding carboxylic acids is 1. The average Bonchev–Trinajstić information content (AvgIpc) is 2.90. The Hall–Kier alpha value is -0.810. The first kappa shape index (κ1) is 16.2. The van der Waals surface area contributed by atoms with Crippen LogP contribution in [-0.4, -0.2) is 30.1 Å². The lowest BCUT2D eigenvalue weighted by Gasteiger charge is -2.16. The number of rotatable bonds is 4. The molecular weight excluding hydrogens is 287 g/mol. The Morgan fingerprint density at radius 3 is 2.89 bits per heavy atom. The molecule has 6 heteroatoms. The molecule has 0 aliphatic carbocycles. The highest BCUT2D eigenvalue weighted by Gasteiger charge is 2.22. The highest BCUT2D eigenvalue weighted by molar-refractivity contribution is 6.31. The molecule has 1 aliphatic rings. The molecule has 2 atom stereocenters. The zero-order chi connectivity index (χ0) is 13.0. The van der Waals surface area contributed by atoms with Gasteiger partial charge in [0.1, 0.15) is 0 Å². The van der Waals surface area contributed by atoms with Gasteiger partial charge in [-0.2, -0.15) is 0 Å². The lowest BCUT2D eigenvalue weighted by Crippen LogP contribution is -2.41. The Balaban J connectivity index is 0.00000180. The number of aliphatic hydroxyl groups is 1. The van der Waals surface area contributed by atoms with Crippen molar-refractivity contribution in [2.45, 2.75) is 25.0 Å². The van der Waals surface area contributed by atoms with Crippen molar-refractivity contribution < 1.29 is 9.90 Å². The zero-order valence-electron chi connectivity index (χ0n) is 10.4. The predicted molar refractivity (Wildman–Crippen MR) is 77.7 cm³/mol. The normalized spacial score (nSPS) is 19.6. The lowest BCUT2D eigenvalue weighted by molar-refractivity contribution is -0.123. The van der Waals surface area contributed by atoms with E-state index in [-0.39, 0.29) is 30.9 Å². The number of nitrogens with one attached hydrogen (secondary N) is 2. The van der Waals surface area contributed by atoms with Crippen molar-refractivity contribution in [3.05, 3.63) is 34.9 Å². The molecule has 106 valence electrons. The average molecular weight is 305 g/mol. The van der Waals surface area contributed by atoms with Crippen molar-refractivity contribution in [3.8, 4) is 0 Å². The second-order valence-corrected chi connectivity index (χ2v) is 4.84. The van der Waals surface area contributed by atoms with E-state index in [0.717, 1.165) is 19.4 Å². The summed E-state index contributed by atoms with van der Waals surface area (Å²) in [7, 11) is 0. The minimum atomic E-state index is -0.774. The Bertz CT molecular complexity index is 423. The molecular formula is C13H18Cl2N2O2. The van der Waals surface area contributed by atoms with Gasteiger partial charge >= 0.3 is 0 Å². The third-order valence-electron chi connectivity index (χ3n) is 3.11. The molecule has 0 aromatic heterocycles. The second kappa shape index (κ2) is 7.70. The van der Waals surface area contributed by atoms with Crippen LogP contribution in [0.2, 0.25) is 5.02 Å². The summed E-state index contributed by atoms with van der Waals surface area (Å²) < 4.78 is 0. The third kappa shape index (κ3) is 4.35. The maximum Gasteiger partial charge on any atom is 0.237 e. The first-order chi connectivity index (χ1) is 8.68. The molecule has 2 rings (SSSR count). The lowest BCUT2D eigenvalue weighted by atomic mass is 10.1. The van der Waals surface area contributed by atoms with Crippen LogP contribution in [-0.2, 0) is 4.79 Å². The number of carbonyl (C=O) groups is 1. The van der Waals surface area contributed by atoms with E-state index in [2.05, 4.69) is 10.6 Å². The van der Waals surface area contributed by atoms with E-state index in [1.807, 2.05) is 6.07 Å². The molecule has 4 nitrogen and oxygen atoms in total. The molecule has 1 amide bonds.